The van der Waals surface area contributed by atoms with E-state index >= 15 is 0 Å². The Labute approximate surface area is 199 Å². The quantitative estimate of drug-likeness (QED) is 0.349. The number of hydrogen-bond acceptors (Lipinski definition) is 5. The lowest BCUT2D eigenvalue weighted by Crippen LogP contribution is -2.29. The third-order valence-electron chi connectivity index (χ3n) is 4.94. The van der Waals surface area contributed by atoms with Gasteiger partial charge in [0.05, 0.1) is 20.8 Å². The Kier molecular flexibility index (Phi) is 9.05. The van der Waals surface area contributed by atoms with E-state index in [9.17, 15) is 9.59 Å². The molecule has 34 heavy (non-hydrogen) atoms. The average molecular weight is 458 g/mol. The number of ether oxygens (including phenoxy) is 3. The van der Waals surface area contributed by atoms with Gasteiger partial charge in [-0.3, -0.25) is 4.79 Å². The average Bonchev–Trinajstić information content (AvgIpc) is 2.89. The van der Waals surface area contributed by atoms with Crippen molar-refractivity contribution in [2.45, 2.75) is 6.10 Å². The molecule has 6 heteroatoms. The maximum absolute atomic E-state index is 12.5. The molecule has 0 fully saturated rings. The molecule has 1 N–H and O–H groups in total. The van der Waals surface area contributed by atoms with Crippen molar-refractivity contribution in [1.29, 1.82) is 0 Å². The maximum Gasteiger partial charge on any atom is 0.331 e. The van der Waals surface area contributed by atoms with Gasteiger partial charge in [-0.15, -0.1) is 0 Å². The maximum atomic E-state index is 12.5. The van der Waals surface area contributed by atoms with Crippen LogP contribution >= 0.6 is 0 Å². The predicted octanol–water partition coefficient (Wildman–Crippen LogP) is 4.83. The van der Waals surface area contributed by atoms with Crippen LogP contribution in [0.1, 0.15) is 22.8 Å². The van der Waals surface area contributed by atoms with Crippen LogP contribution in [0.25, 0.3) is 12.2 Å². The number of esters is 1. The van der Waals surface area contributed by atoms with Gasteiger partial charge in [-0.1, -0.05) is 66.7 Å². The topological polar surface area (TPSA) is 73.9 Å². The van der Waals surface area contributed by atoms with Gasteiger partial charge in [-0.2, -0.15) is 0 Å². The van der Waals surface area contributed by atoms with E-state index in [1.165, 1.54) is 19.3 Å². The molecule has 0 aromatic heterocycles. The number of rotatable bonds is 10. The molecule has 0 spiro atoms. The second-order valence-electron chi connectivity index (χ2n) is 7.27. The molecule has 3 aromatic carbocycles. The van der Waals surface area contributed by atoms with Gasteiger partial charge < -0.3 is 19.5 Å². The molecule has 0 radical (unpaired) electrons. The van der Waals surface area contributed by atoms with Crippen LogP contribution < -0.4 is 14.8 Å². The highest BCUT2D eigenvalue weighted by Gasteiger charge is 2.19. The van der Waals surface area contributed by atoms with Crippen LogP contribution in [-0.2, 0) is 14.3 Å². The molecule has 1 unspecified atom stereocenters. The minimum absolute atomic E-state index is 0.0817. The van der Waals surface area contributed by atoms with E-state index in [4.69, 9.17) is 14.2 Å². The highest BCUT2D eigenvalue weighted by molar-refractivity contribution is 5.91. The minimum atomic E-state index is -0.734. The van der Waals surface area contributed by atoms with Crippen LogP contribution in [0.15, 0.2) is 91.0 Å². The Morgan fingerprint density at radius 1 is 0.794 bits per heavy atom. The molecule has 0 saturated carbocycles. The second-order valence-corrected chi connectivity index (χ2v) is 7.27. The van der Waals surface area contributed by atoms with Crippen LogP contribution in [0, 0.1) is 0 Å². The monoisotopic (exact) mass is 457 g/mol. The van der Waals surface area contributed by atoms with E-state index in [0.717, 1.165) is 11.1 Å². The summed E-state index contributed by atoms with van der Waals surface area (Å²) >= 11 is 0. The molecule has 0 heterocycles. The van der Waals surface area contributed by atoms with E-state index in [0.29, 0.717) is 17.1 Å². The largest absolute Gasteiger partial charge is 0.493 e. The van der Waals surface area contributed by atoms with E-state index < -0.39 is 12.1 Å². The van der Waals surface area contributed by atoms with Crippen LogP contribution in [0.2, 0.25) is 0 Å². The fourth-order valence-electron chi connectivity index (χ4n) is 3.18. The summed E-state index contributed by atoms with van der Waals surface area (Å²) in [7, 11) is 3.07. The van der Waals surface area contributed by atoms with Crippen LogP contribution in [0.5, 0.6) is 11.5 Å². The fourth-order valence-corrected chi connectivity index (χ4v) is 3.18. The zero-order valence-electron chi connectivity index (χ0n) is 19.1. The standard InChI is InChI=1S/C28H27NO5/c1-32-24-16-15-23(19-25(24)33-2)26(34-28(31)18-14-22-11-7-4-8-12-22)20-29-27(30)17-13-21-9-5-3-6-10-21/h3-19,26H,20H2,1-2H3,(H,29,30)/b17-13+,18-14+. The molecule has 0 saturated heterocycles. The number of benzene rings is 3. The van der Waals surface area contributed by atoms with Crippen molar-refractivity contribution >= 4 is 24.0 Å². The van der Waals surface area contributed by atoms with Gasteiger partial charge >= 0.3 is 5.97 Å². The normalized spacial score (nSPS) is 11.8. The Morgan fingerprint density at radius 3 is 1.97 bits per heavy atom. The molecule has 6 nitrogen and oxygen atoms in total. The molecule has 0 aliphatic rings. The first kappa shape index (κ1) is 24.3. The fraction of sp³-hybridized carbons (Fsp3) is 0.143. The zero-order chi connectivity index (χ0) is 24.2. The Bertz CT molecular complexity index is 1140. The molecule has 0 aliphatic heterocycles. The van der Waals surface area contributed by atoms with Gasteiger partial charge in [-0.25, -0.2) is 4.79 Å². The predicted molar refractivity (Wildman–Crippen MR) is 132 cm³/mol. The van der Waals surface area contributed by atoms with E-state index in [1.54, 1.807) is 37.5 Å². The smallest absolute Gasteiger partial charge is 0.331 e. The lowest BCUT2D eigenvalue weighted by Gasteiger charge is -2.19. The van der Waals surface area contributed by atoms with Crippen molar-refractivity contribution < 1.29 is 23.8 Å². The number of amides is 1. The summed E-state index contributed by atoms with van der Waals surface area (Å²) in [6.07, 6.45) is 5.46. The summed E-state index contributed by atoms with van der Waals surface area (Å²) in [4.78, 5) is 24.9. The first-order valence-electron chi connectivity index (χ1n) is 10.8. The molecule has 0 bridgehead atoms. The molecule has 3 rings (SSSR count). The molecule has 3 aromatic rings. The van der Waals surface area contributed by atoms with E-state index in [1.807, 2.05) is 60.7 Å². The lowest BCUT2D eigenvalue weighted by atomic mass is 10.1. The summed E-state index contributed by atoms with van der Waals surface area (Å²) in [6.45, 7) is 0.0817. The number of methoxy groups -OCH3 is 2. The Balaban J connectivity index is 1.73. The van der Waals surface area contributed by atoms with Crippen molar-refractivity contribution in [1.82, 2.24) is 5.32 Å². The summed E-state index contributed by atoms with van der Waals surface area (Å²) < 4.78 is 16.3. The first-order chi connectivity index (χ1) is 16.6. The minimum Gasteiger partial charge on any atom is -0.493 e. The first-order valence-corrected chi connectivity index (χ1v) is 10.8. The highest BCUT2D eigenvalue weighted by Crippen LogP contribution is 2.31. The number of nitrogens with one attached hydrogen (secondary N) is 1. The molecular formula is C28H27NO5. The molecule has 174 valence electrons. The van der Waals surface area contributed by atoms with Crippen LogP contribution in [0.4, 0.5) is 0 Å². The highest BCUT2D eigenvalue weighted by atomic mass is 16.5. The van der Waals surface area contributed by atoms with Crippen LogP contribution in [-0.4, -0.2) is 32.6 Å². The lowest BCUT2D eigenvalue weighted by molar-refractivity contribution is -0.143. The third-order valence-corrected chi connectivity index (χ3v) is 4.94. The van der Waals surface area contributed by atoms with E-state index in [2.05, 4.69) is 5.32 Å². The van der Waals surface area contributed by atoms with Gasteiger partial charge in [-0.05, 0) is 41.0 Å². The molecule has 1 atom stereocenters. The SMILES string of the molecule is COc1ccc(C(CNC(=O)/C=C/c2ccccc2)OC(=O)/C=C/c2ccccc2)cc1OC. The van der Waals surface area contributed by atoms with Crippen molar-refractivity contribution in [2.75, 3.05) is 20.8 Å². The number of carbonyl (C=O) groups excluding carboxylic acids is 2. The van der Waals surface area contributed by atoms with E-state index in [-0.39, 0.29) is 12.5 Å². The Morgan fingerprint density at radius 2 is 1.38 bits per heavy atom. The summed E-state index contributed by atoms with van der Waals surface area (Å²) in [5.74, 6) is 0.217. The summed E-state index contributed by atoms with van der Waals surface area (Å²) in [5.41, 5.74) is 2.44. The van der Waals surface area contributed by atoms with Gasteiger partial charge in [0.1, 0.15) is 6.10 Å². The Hall–Kier alpha value is -4.32. The number of carbonyl (C=O) groups is 2. The van der Waals surface area contributed by atoms with Gasteiger partial charge in [0, 0.05) is 12.2 Å². The molecule has 1 amide bonds. The number of hydrogen-bond donors (Lipinski definition) is 1. The summed E-state index contributed by atoms with van der Waals surface area (Å²) in [6, 6.07) is 24.2. The summed E-state index contributed by atoms with van der Waals surface area (Å²) in [5, 5.41) is 2.80. The van der Waals surface area contributed by atoms with Crippen molar-refractivity contribution in [2.24, 2.45) is 0 Å². The van der Waals surface area contributed by atoms with Gasteiger partial charge in [0.15, 0.2) is 11.5 Å². The van der Waals surface area contributed by atoms with Crippen molar-refractivity contribution in [3.05, 3.63) is 108 Å². The van der Waals surface area contributed by atoms with Crippen LogP contribution in [0.3, 0.4) is 0 Å². The van der Waals surface area contributed by atoms with Gasteiger partial charge in [0.25, 0.3) is 0 Å². The zero-order valence-corrected chi connectivity index (χ0v) is 19.1. The van der Waals surface area contributed by atoms with Crippen molar-refractivity contribution in [3.63, 3.8) is 0 Å². The molecule has 0 aliphatic carbocycles. The second kappa shape index (κ2) is 12.6. The van der Waals surface area contributed by atoms with Gasteiger partial charge in [0.2, 0.25) is 5.91 Å². The third kappa shape index (κ3) is 7.38. The van der Waals surface area contributed by atoms with Crippen molar-refractivity contribution in [3.8, 4) is 11.5 Å². The molecular weight excluding hydrogens is 430 g/mol.